The zero-order chi connectivity index (χ0) is 35.7. The number of nitrogens with one attached hydrogen (secondary N) is 1. The lowest BCUT2D eigenvalue weighted by atomic mass is 10.1. The standard InChI is InChI=1S/C45H81NO3/c1-3-5-7-9-11-13-15-17-19-21-22-23-25-26-28-30-32-34-36-38-40-44(48)43(42-47)46-45(49)41-39-37-35-33-31-29-27-24-20-18-16-14-12-10-8-6-4-2/h12,14,18,20,23,25,30,32,38,40,43-44,47-48H,3-11,13,15-17,19,21-22,24,26-29,31,33-37,39,41-42H2,1-2H3,(H,46,49)/b14-12-,20-18-,25-23+,32-30+,40-38+. The normalized spacial score (nSPS) is 13.6. The second-order valence-electron chi connectivity index (χ2n) is 14.0. The number of unbranched alkanes of at least 4 members (excludes halogenated alkanes) is 22. The first kappa shape index (κ1) is 47.1. The van der Waals surface area contributed by atoms with Crippen LogP contribution in [0.2, 0.25) is 0 Å². The fraction of sp³-hybridized carbons (Fsp3) is 0.756. The van der Waals surface area contributed by atoms with Crippen LogP contribution in [0.25, 0.3) is 0 Å². The molecule has 4 nitrogen and oxygen atoms in total. The smallest absolute Gasteiger partial charge is 0.220 e. The van der Waals surface area contributed by atoms with Crippen LogP contribution >= 0.6 is 0 Å². The number of rotatable bonds is 37. The zero-order valence-electron chi connectivity index (χ0n) is 32.4. The molecule has 0 radical (unpaired) electrons. The summed E-state index contributed by atoms with van der Waals surface area (Å²) in [4.78, 5) is 12.4. The molecule has 4 heteroatoms. The van der Waals surface area contributed by atoms with Crippen LogP contribution in [0, 0.1) is 0 Å². The van der Waals surface area contributed by atoms with Crippen molar-refractivity contribution in [2.24, 2.45) is 0 Å². The van der Waals surface area contributed by atoms with Crippen LogP contribution in [0.15, 0.2) is 60.8 Å². The maximum absolute atomic E-state index is 12.4. The number of hydrogen-bond acceptors (Lipinski definition) is 3. The third kappa shape index (κ3) is 37.2. The fourth-order valence-corrected chi connectivity index (χ4v) is 5.94. The van der Waals surface area contributed by atoms with Gasteiger partial charge in [-0.1, -0.05) is 177 Å². The molecule has 0 aromatic carbocycles. The van der Waals surface area contributed by atoms with Crippen LogP contribution < -0.4 is 5.32 Å². The highest BCUT2D eigenvalue weighted by atomic mass is 16.3. The summed E-state index contributed by atoms with van der Waals surface area (Å²) >= 11 is 0. The van der Waals surface area contributed by atoms with Gasteiger partial charge in [-0.15, -0.1) is 0 Å². The lowest BCUT2D eigenvalue weighted by molar-refractivity contribution is -0.123. The summed E-state index contributed by atoms with van der Waals surface area (Å²) in [5.74, 6) is -0.0884. The molecule has 0 fully saturated rings. The van der Waals surface area contributed by atoms with Crippen molar-refractivity contribution < 1.29 is 15.0 Å². The van der Waals surface area contributed by atoms with Gasteiger partial charge in [0.2, 0.25) is 5.91 Å². The van der Waals surface area contributed by atoms with Gasteiger partial charge in [0.1, 0.15) is 0 Å². The number of carbonyl (C=O) groups excluding carboxylic acids is 1. The summed E-state index contributed by atoms with van der Waals surface area (Å²) in [6.45, 7) is 4.26. The van der Waals surface area contributed by atoms with E-state index in [1.807, 2.05) is 6.08 Å². The minimum absolute atomic E-state index is 0.0884. The topological polar surface area (TPSA) is 69.6 Å². The molecule has 2 unspecified atom stereocenters. The van der Waals surface area contributed by atoms with E-state index in [2.05, 4.69) is 67.8 Å². The summed E-state index contributed by atoms with van der Waals surface area (Å²) in [6.07, 6.45) is 56.0. The molecule has 2 atom stereocenters. The Morgan fingerprint density at radius 2 is 0.857 bits per heavy atom. The van der Waals surface area contributed by atoms with Crippen LogP contribution in [-0.2, 0) is 4.79 Å². The molecule has 284 valence electrons. The molecule has 49 heavy (non-hydrogen) atoms. The van der Waals surface area contributed by atoms with Crippen LogP contribution in [0.5, 0.6) is 0 Å². The monoisotopic (exact) mass is 684 g/mol. The van der Waals surface area contributed by atoms with Gasteiger partial charge in [0.05, 0.1) is 18.8 Å². The molecule has 0 aromatic heterocycles. The van der Waals surface area contributed by atoms with Crippen LogP contribution in [0.3, 0.4) is 0 Å². The molecule has 0 aliphatic carbocycles. The third-order valence-corrected chi connectivity index (χ3v) is 9.20. The Morgan fingerprint density at radius 1 is 0.490 bits per heavy atom. The number of amides is 1. The number of aliphatic hydroxyl groups is 2. The van der Waals surface area contributed by atoms with E-state index < -0.39 is 12.1 Å². The third-order valence-electron chi connectivity index (χ3n) is 9.20. The number of hydrogen-bond donors (Lipinski definition) is 3. The summed E-state index contributed by atoms with van der Waals surface area (Å²) < 4.78 is 0. The van der Waals surface area contributed by atoms with E-state index in [0.29, 0.717) is 6.42 Å². The molecule has 0 saturated carbocycles. The fourth-order valence-electron chi connectivity index (χ4n) is 5.94. The minimum atomic E-state index is -0.875. The van der Waals surface area contributed by atoms with Crippen molar-refractivity contribution in [3.63, 3.8) is 0 Å². The van der Waals surface area contributed by atoms with E-state index in [0.717, 1.165) is 51.4 Å². The molecular formula is C45H81NO3. The Kier molecular flexibility index (Phi) is 38.9. The first-order valence-corrected chi connectivity index (χ1v) is 21.0. The first-order chi connectivity index (χ1) is 24.2. The summed E-state index contributed by atoms with van der Waals surface area (Å²) in [5, 5.41) is 22.9. The number of carbonyl (C=O) groups is 1. The van der Waals surface area contributed by atoms with Crippen molar-refractivity contribution in [1.29, 1.82) is 0 Å². The quantitative estimate of drug-likeness (QED) is 0.0451. The molecule has 0 aromatic rings. The molecule has 0 heterocycles. The Balaban J connectivity index is 3.69. The molecule has 0 spiro atoms. The van der Waals surface area contributed by atoms with Crippen LogP contribution in [0.4, 0.5) is 0 Å². The van der Waals surface area contributed by atoms with Gasteiger partial charge in [0.25, 0.3) is 0 Å². The van der Waals surface area contributed by atoms with Gasteiger partial charge in [-0.25, -0.2) is 0 Å². The number of allylic oxidation sites excluding steroid dienone is 9. The van der Waals surface area contributed by atoms with E-state index in [4.69, 9.17) is 0 Å². The second kappa shape index (κ2) is 40.5. The average Bonchev–Trinajstić information content (AvgIpc) is 3.10. The summed E-state index contributed by atoms with van der Waals surface area (Å²) in [6, 6.07) is -0.651. The lowest BCUT2D eigenvalue weighted by Crippen LogP contribution is -2.45. The van der Waals surface area contributed by atoms with Gasteiger partial charge in [-0.2, -0.15) is 0 Å². The Hall–Kier alpha value is -1.91. The molecule has 0 bridgehead atoms. The second-order valence-corrected chi connectivity index (χ2v) is 14.0. The molecular weight excluding hydrogens is 602 g/mol. The van der Waals surface area contributed by atoms with Crippen molar-refractivity contribution in [3.8, 4) is 0 Å². The van der Waals surface area contributed by atoms with E-state index in [9.17, 15) is 15.0 Å². The Morgan fingerprint density at radius 3 is 1.35 bits per heavy atom. The van der Waals surface area contributed by atoms with Gasteiger partial charge in [-0.3, -0.25) is 4.79 Å². The SMILES string of the molecule is CCCCC/C=C\C/C=C\CCCCCCCCCC(=O)NC(CO)C(O)/C=C/CC/C=C/CC/C=C/CCCCCCCCCCCC. The van der Waals surface area contributed by atoms with Gasteiger partial charge >= 0.3 is 0 Å². The zero-order valence-corrected chi connectivity index (χ0v) is 32.4. The minimum Gasteiger partial charge on any atom is -0.394 e. The highest BCUT2D eigenvalue weighted by Gasteiger charge is 2.17. The van der Waals surface area contributed by atoms with Crippen LogP contribution in [-0.4, -0.2) is 34.9 Å². The van der Waals surface area contributed by atoms with Crippen molar-refractivity contribution >= 4 is 5.91 Å². The lowest BCUT2D eigenvalue weighted by Gasteiger charge is -2.19. The van der Waals surface area contributed by atoms with E-state index in [1.54, 1.807) is 6.08 Å². The summed E-state index contributed by atoms with van der Waals surface area (Å²) in [7, 11) is 0. The molecule has 3 N–H and O–H groups in total. The highest BCUT2D eigenvalue weighted by molar-refractivity contribution is 5.76. The van der Waals surface area contributed by atoms with Crippen molar-refractivity contribution in [3.05, 3.63) is 60.8 Å². The summed E-state index contributed by atoms with van der Waals surface area (Å²) in [5.41, 5.74) is 0. The van der Waals surface area contributed by atoms with Crippen molar-refractivity contribution in [2.45, 2.75) is 212 Å². The first-order valence-electron chi connectivity index (χ1n) is 21.0. The van der Waals surface area contributed by atoms with Crippen molar-refractivity contribution in [1.82, 2.24) is 5.32 Å². The van der Waals surface area contributed by atoms with Gasteiger partial charge in [-0.05, 0) is 77.0 Å². The predicted molar refractivity (Wildman–Crippen MR) is 216 cm³/mol. The Bertz CT molecular complexity index is 827. The molecule has 0 aliphatic rings. The van der Waals surface area contributed by atoms with E-state index in [1.165, 1.54) is 128 Å². The molecule has 0 rings (SSSR count). The molecule has 0 saturated heterocycles. The van der Waals surface area contributed by atoms with Gasteiger partial charge in [0, 0.05) is 6.42 Å². The molecule has 0 aliphatic heterocycles. The van der Waals surface area contributed by atoms with E-state index in [-0.39, 0.29) is 12.5 Å². The maximum Gasteiger partial charge on any atom is 0.220 e. The molecule has 1 amide bonds. The predicted octanol–water partition coefficient (Wildman–Crippen LogP) is 13.0. The van der Waals surface area contributed by atoms with Crippen LogP contribution in [0.1, 0.15) is 200 Å². The maximum atomic E-state index is 12.4. The highest BCUT2D eigenvalue weighted by Crippen LogP contribution is 2.13. The largest absolute Gasteiger partial charge is 0.394 e. The van der Waals surface area contributed by atoms with Gasteiger partial charge < -0.3 is 15.5 Å². The van der Waals surface area contributed by atoms with Gasteiger partial charge in [0.15, 0.2) is 0 Å². The Labute approximate surface area is 305 Å². The number of aliphatic hydroxyl groups excluding tert-OH is 2. The van der Waals surface area contributed by atoms with Crippen molar-refractivity contribution in [2.75, 3.05) is 6.61 Å². The van der Waals surface area contributed by atoms with E-state index >= 15 is 0 Å². The average molecular weight is 684 g/mol.